The van der Waals surface area contributed by atoms with E-state index in [9.17, 15) is 4.79 Å². The van der Waals surface area contributed by atoms with E-state index in [1.165, 1.54) is 0 Å². The molecule has 0 aromatic heterocycles. The Kier molecular flexibility index (Phi) is 4.79. The Morgan fingerprint density at radius 3 is 2.89 bits per heavy atom. The number of carbonyl (C=O) groups is 1. The maximum absolute atomic E-state index is 12.3. The van der Waals surface area contributed by atoms with E-state index in [2.05, 4.69) is 26.6 Å². The normalized spacial score (nSPS) is 22.3. The summed E-state index contributed by atoms with van der Waals surface area (Å²) in [7, 11) is 3.23. The molecule has 1 aliphatic rings. The fourth-order valence-corrected chi connectivity index (χ4v) is 2.52. The number of methoxy groups -OCH3 is 2. The molecule has 0 radical (unpaired) electrons. The lowest BCUT2D eigenvalue weighted by molar-refractivity contribution is 0.0779. The average Bonchev–Trinajstić information content (AvgIpc) is 2.86. The lowest BCUT2D eigenvalue weighted by Gasteiger charge is -2.19. The van der Waals surface area contributed by atoms with Crippen LogP contribution in [-0.2, 0) is 4.74 Å². The van der Waals surface area contributed by atoms with Gasteiger partial charge in [-0.15, -0.1) is 0 Å². The number of carbonyl (C=O) groups excluding carboxylic acids is 1. The third-order valence-electron chi connectivity index (χ3n) is 3.20. The minimum absolute atomic E-state index is 0.00772. The van der Waals surface area contributed by atoms with E-state index in [4.69, 9.17) is 9.47 Å². The molecule has 0 spiro atoms. The Balaban J connectivity index is 2.11. The minimum Gasteiger partial charge on any atom is -0.497 e. The van der Waals surface area contributed by atoms with Crippen LogP contribution in [0.15, 0.2) is 22.7 Å². The fraction of sp³-hybridized carbons (Fsp3) is 0.462. The molecule has 1 aromatic carbocycles. The van der Waals surface area contributed by atoms with Crippen LogP contribution in [0.25, 0.3) is 0 Å². The van der Waals surface area contributed by atoms with Gasteiger partial charge < -0.3 is 20.1 Å². The standard InChI is InChI=1S/C13H17BrN2O3/c1-18-8-3-4-10(14)9(5-8)13(17)16-11-6-15-7-12(11)19-2/h3-5,11-12,15H,6-7H2,1-2H3,(H,16,17)/t11?,12-/m0/s1. The summed E-state index contributed by atoms with van der Waals surface area (Å²) in [4.78, 5) is 12.3. The van der Waals surface area contributed by atoms with Crippen LogP contribution < -0.4 is 15.4 Å². The molecule has 1 aliphatic heterocycles. The third-order valence-corrected chi connectivity index (χ3v) is 3.89. The van der Waals surface area contributed by atoms with E-state index >= 15 is 0 Å². The zero-order valence-corrected chi connectivity index (χ0v) is 12.5. The highest BCUT2D eigenvalue weighted by Gasteiger charge is 2.28. The molecule has 2 atom stereocenters. The lowest BCUT2D eigenvalue weighted by Crippen LogP contribution is -2.43. The molecule has 1 fully saturated rings. The number of hydrogen-bond acceptors (Lipinski definition) is 4. The second-order valence-corrected chi connectivity index (χ2v) is 5.21. The van der Waals surface area contributed by atoms with Gasteiger partial charge in [-0.05, 0) is 34.1 Å². The molecule has 5 nitrogen and oxygen atoms in total. The van der Waals surface area contributed by atoms with E-state index in [0.29, 0.717) is 17.9 Å². The van der Waals surface area contributed by atoms with Gasteiger partial charge in [0.1, 0.15) is 5.75 Å². The maximum atomic E-state index is 12.3. The van der Waals surface area contributed by atoms with Crippen LogP contribution in [-0.4, -0.2) is 45.4 Å². The van der Waals surface area contributed by atoms with Crippen LogP contribution in [0.1, 0.15) is 10.4 Å². The number of rotatable bonds is 4. The Morgan fingerprint density at radius 2 is 2.21 bits per heavy atom. The van der Waals surface area contributed by atoms with Crippen molar-refractivity contribution in [2.45, 2.75) is 12.1 Å². The Morgan fingerprint density at radius 1 is 1.42 bits per heavy atom. The molecule has 0 aliphatic carbocycles. The number of amides is 1. The van der Waals surface area contributed by atoms with Gasteiger partial charge >= 0.3 is 0 Å². The second kappa shape index (κ2) is 6.36. The quantitative estimate of drug-likeness (QED) is 0.871. The first kappa shape index (κ1) is 14.3. The van der Waals surface area contributed by atoms with Crippen LogP contribution in [0.5, 0.6) is 5.75 Å². The second-order valence-electron chi connectivity index (χ2n) is 4.36. The van der Waals surface area contributed by atoms with Gasteiger partial charge in [-0.1, -0.05) is 0 Å². The molecule has 1 saturated heterocycles. The van der Waals surface area contributed by atoms with E-state index in [0.717, 1.165) is 11.0 Å². The molecular weight excluding hydrogens is 312 g/mol. The summed E-state index contributed by atoms with van der Waals surface area (Å²) in [6.07, 6.45) is 0.00772. The van der Waals surface area contributed by atoms with Gasteiger partial charge in [-0.25, -0.2) is 0 Å². The van der Waals surface area contributed by atoms with Crippen molar-refractivity contribution in [3.05, 3.63) is 28.2 Å². The largest absolute Gasteiger partial charge is 0.497 e. The molecule has 1 amide bonds. The summed E-state index contributed by atoms with van der Waals surface area (Å²) in [6.45, 7) is 1.46. The number of halogens is 1. The van der Waals surface area contributed by atoms with Crippen LogP contribution in [0.3, 0.4) is 0 Å². The zero-order valence-electron chi connectivity index (χ0n) is 10.9. The van der Waals surface area contributed by atoms with Crippen molar-refractivity contribution in [1.29, 1.82) is 0 Å². The van der Waals surface area contributed by atoms with E-state index in [1.54, 1.807) is 32.4 Å². The van der Waals surface area contributed by atoms with Crippen molar-refractivity contribution in [3.63, 3.8) is 0 Å². The van der Waals surface area contributed by atoms with Gasteiger partial charge in [-0.3, -0.25) is 4.79 Å². The third kappa shape index (κ3) is 3.26. The molecule has 1 aromatic rings. The zero-order chi connectivity index (χ0) is 13.8. The smallest absolute Gasteiger partial charge is 0.252 e. The first-order valence-corrected chi connectivity index (χ1v) is 6.83. The van der Waals surface area contributed by atoms with Crippen molar-refractivity contribution in [2.24, 2.45) is 0 Å². The Labute approximate surface area is 120 Å². The number of benzene rings is 1. The van der Waals surface area contributed by atoms with Crippen LogP contribution in [0.2, 0.25) is 0 Å². The highest BCUT2D eigenvalue weighted by atomic mass is 79.9. The average molecular weight is 329 g/mol. The number of hydrogen-bond donors (Lipinski definition) is 2. The van der Waals surface area contributed by atoms with Gasteiger partial charge in [0.05, 0.1) is 24.8 Å². The van der Waals surface area contributed by atoms with Crippen LogP contribution >= 0.6 is 15.9 Å². The Hall–Kier alpha value is -1.11. The van der Waals surface area contributed by atoms with Crippen molar-refractivity contribution in [3.8, 4) is 5.75 Å². The fourth-order valence-electron chi connectivity index (χ4n) is 2.10. The highest BCUT2D eigenvalue weighted by Crippen LogP contribution is 2.22. The van der Waals surface area contributed by atoms with Gasteiger partial charge in [0.2, 0.25) is 0 Å². The monoisotopic (exact) mass is 328 g/mol. The summed E-state index contributed by atoms with van der Waals surface area (Å²) < 4.78 is 11.2. The molecular formula is C13H17BrN2O3. The van der Waals surface area contributed by atoms with Crippen LogP contribution in [0.4, 0.5) is 0 Å². The summed E-state index contributed by atoms with van der Waals surface area (Å²) in [5.41, 5.74) is 0.557. The molecule has 104 valence electrons. The lowest BCUT2D eigenvalue weighted by atomic mass is 10.1. The van der Waals surface area contributed by atoms with Crippen LogP contribution in [0, 0.1) is 0 Å². The summed E-state index contributed by atoms with van der Waals surface area (Å²) in [6, 6.07) is 5.30. The molecule has 19 heavy (non-hydrogen) atoms. The molecule has 1 unspecified atom stereocenters. The first-order chi connectivity index (χ1) is 9.15. The van der Waals surface area contributed by atoms with Crippen molar-refractivity contribution in [1.82, 2.24) is 10.6 Å². The topological polar surface area (TPSA) is 59.6 Å². The number of nitrogens with one attached hydrogen (secondary N) is 2. The van der Waals surface area contributed by atoms with Gasteiger partial charge in [0.25, 0.3) is 5.91 Å². The van der Waals surface area contributed by atoms with Crippen molar-refractivity contribution >= 4 is 21.8 Å². The van der Waals surface area contributed by atoms with Gasteiger partial charge in [0.15, 0.2) is 0 Å². The predicted octanol–water partition coefficient (Wildman–Crippen LogP) is 1.17. The van der Waals surface area contributed by atoms with Crippen molar-refractivity contribution < 1.29 is 14.3 Å². The van der Waals surface area contributed by atoms with Gasteiger partial charge in [-0.2, -0.15) is 0 Å². The molecule has 6 heteroatoms. The summed E-state index contributed by atoms with van der Waals surface area (Å²) in [5.74, 6) is 0.516. The summed E-state index contributed by atoms with van der Waals surface area (Å²) in [5, 5.41) is 6.17. The first-order valence-electron chi connectivity index (χ1n) is 6.03. The minimum atomic E-state index is -0.137. The van der Waals surface area contributed by atoms with Crippen molar-refractivity contribution in [2.75, 3.05) is 27.3 Å². The highest BCUT2D eigenvalue weighted by molar-refractivity contribution is 9.10. The molecule has 2 rings (SSSR count). The van der Waals surface area contributed by atoms with Gasteiger partial charge in [0, 0.05) is 24.7 Å². The summed E-state index contributed by atoms with van der Waals surface area (Å²) >= 11 is 3.38. The van der Waals surface area contributed by atoms with E-state index in [1.807, 2.05) is 0 Å². The van der Waals surface area contributed by atoms with E-state index < -0.39 is 0 Å². The number of ether oxygens (including phenoxy) is 2. The van der Waals surface area contributed by atoms with E-state index in [-0.39, 0.29) is 18.1 Å². The Bertz CT molecular complexity index is 467. The molecule has 1 heterocycles. The molecule has 0 bridgehead atoms. The molecule has 0 saturated carbocycles. The SMILES string of the molecule is COc1ccc(Br)c(C(=O)NC2CNC[C@@H]2OC)c1. The maximum Gasteiger partial charge on any atom is 0.252 e. The molecule has 2 N–H and O–H groups in total. The predicted molar refractivity (Wildman–Crippen MR) is 75.6 cm³/mol.